The molecule has 0 atom stereocenters. The van der Waals surface area contributed by atoms with Crippen LogP contribution < -0.4 is 0 Å². The van der Waals surface area contributed by atoms with Crippen LogP contribution in [0, 0.1) is 0 Å². The van der Waals surface area contributed by atoms with Crippen molar-refractivity contribution in [2.75, 3.05) is 0 Å². The molecule has 0 bridgehead atoms. The van der Waals surface area contributed by atoms with Crippen molar-refractivity contribution >= 4 is 20.2 Å². The Balaban J connectivity index is 3.04. The standard InChI is InChI=1S/C4H11F3OSi2/c5-4(6,7)2-1-3-10-8-9/h1-3,10H2,9H3. The highest BCUT2D eigenvalue weighted by atomic mass is 28.3. The van der Waals surface area contributed by atoms with Crippen LogP contribution in [-0.4, -0.2) is 26.4 Å². The predicted octanol–water partition coefficient (Wildman–Crippen LogP) is 0.128. The summed E-state index contributed by atoms with van der Waals surface area (Å²) in [5.41, 5.74) is 0. The van der Waals surface area contributed by atoms with Gasteiger partial charge in [-0.15, -0.1) is 0 Å². The highest BCUT2D eigenvalue weighted by Crippen LogP contribution is 2.21. The van der Waals surface area contributed by atoms with Gasteiger partial charge in [0.2, 0.25) is 0 Å². The van der Waals surface area contributed by atoms with Crippen molar-refractivity contribution in [3.63, 3.8) is 0 Å². The average Bonchev–Trinajstić information content (AvgIpc) is 1.78. The molecule has 0 fully saturated rings. The van der Waals surface area contributed by atoms with Crippen LogP contribution >= 0.6 is 0 Å². The van der Waals surface area contributed by atoms with E-state index in [-0.39, 0.29) is 6.42 Å². The SMILES string of the molecule is FC(F)(F)CCC[SiH2]O[SiH3]. The normalized spacial score (nSPS) is 13.5. The quantitative estimate of drug-likeness (QED) is 0.450. The first kappa shape index (κ1) is 10.2. The molecule has 0 saturated carbocycles. The van der Waals surface area contributed by atoms with Gasteiger partial charge in [0.1, 0.15) is 20.2 Å². The summed E-state index contributed by atoms with van der Waals surface area (Å²) in [5, 5.41) is 0. The van der Waals surface area contributed by atoms with Gasteiger partial charge < -0.3 is 4.12 Å². The molecular formula is C4H11F3OSi2. The molecule has 0 amide bonds. The van der Waals surface area contributed by atoms with Crippen LogP contribution in [0.2, 0.25) is 6.04 Å². The summed E-state index contributed by atoms with van der Waals surface area (Å²) in [6.45, 7) is 0. The Hall–Kier alpha value is 0.184. The van der Waals surface area contributed by atoms with Gasteiger partial charge in [0.25, 0.3) is 0 Å². The summed E-state index contributed by atoms with van der Waals surface area (Å²) in [4.78, 5) is 0. The van der Waals surface area contributed by atoms with E-state index in [0.29, 0.717) is 16.5 Å². The van der Waals surface area contributed by atoms with Gasteiger partial charge in [-0.2, -0.15) is 13.2 Å². The fourth-order valence-electron chi connectivity index (χ4n) is 0.572. The maximum absolute atomic E-state index is 11.5. The van der Waals surface area contributed by atoms with Crippen molar-refractivity contribution in [2.24, 2.45) is 0 Å². The Morgan fingerprint density at radius 2 is 2.00 bits per heavy atom. The van der Waals surface area contributed by atoms with Crippen molar-refractivity contribution in [3.8, 4) is 0 Å². The Bertz CT molecular complexity index is 85.1. The van der Waals surface area contributed by atoms with Gasteiger partial charge >= 0.3 is 6.18 Å². The van der Waals surface area contributed by atoms with Crippen LogP contribution in [-0.2, 0) is 4.12 Å². The van der Waals surface area contributed by atoms with Crippen molar-refractivity contribution in [1.82, 2.24) is 0 Å². The van der Waals surface area contributed by atoms with Gasteiger partial charge in [0.05, 0.1) is 0 Å². The minimum Gasteiger partial charge on any atom is -0.468 e. The molecule has 0 aliphatic rings. The molecule has 62 valence electrons. The molecule has 0 rings (SSSR count). The number of alkyl halides is 3. The maximum atomic E-state index is 11.5. The summed E-state index contributed by atoms with van der Waals surface area (Å²) >= 11 is 0. The molecule has 0 heterocycles. The Labute approximate surface area is 63.4 Å². The second-order valence-corrected chi connectivity index (χ2v) is 5.49. The van der Waals surface area contributed by atoms with E-state index in [2.05, 4.69) is 0 Å². The summed E-state index contributed by atoms with van der Waals surface area (Å²) < 4.78 is 39.3. The third-order valence-corrected chi connectivity index (χ3v) is 3.48. The first-order chi connectivity index (χ1) is 4.56. The second-order valence-electron chi connectivity index (χ2n) is 2.07. The van der Waals surface area contributed by atoms with Gasteiger partial charge in [0, 0.05) is 6.42 Å². The van der Waals surface area contributed by atoms with Gasteiger partial charge in [-0.1, -0.05) is 0 Å². The van der Waals surface area contributed by atoms with Gasteiger partial charge in [-0.25, -0.2) is 0 Å². The molecule has 0 aromatic carbocycles. The van der Waals surface area contributed by atoms with Crippen LogP contribution in [0.4, 0.5) is 13.2 Å². The zero-order chi connectivity index (χ0) is 8.04. The van der Waals surface area contributed by atoms with E-state index >= 15 is 0 Å². The monoisotopic (exact) mass is 188 g/mol. The molecule has 0 radical (unpaired) electrons. The molecule has 0 saturated heterocycles. The number of halogens is 3. The van der Waals surface area contributed by atoms with E-state index in [9.17, 15) is 13.2 Å². The molecule has 0 aliphatic heterocycles. The second kappa shape index (κ2) is 4.92. The van der Waals surface area contributed by atoms with Crippen LogP contribution in [0.3, 0.4) is 0 Å². The zero-order valence-corrected chi connectivity index (χ0v) is 9.28. The first-order valence-electron chi connectivity index (χ1n) is 3.12. The van der Waals surface area contributed by atoms with Crippen LogP contribution in [0.25, 0.3) is 0 Å². The smallest absolute Gasteiger partial charge is 0.389 e. The van der Waals surface area contributed by atoms with E-state index in [1.165, 1.54) is 0 Å². The van der Waals surface area contributed by atoms with Crippen molar-refractivity contribution in [1.29, 1.82) is 0 Å². The number of rotatable bonds is 4. The van der Waals surface area contributed by atoms with E-state index < -0.39 is 22.4 Å². The van der Waals surface area contributed by atoms with Crippen LogP contribution in [0.5, 0.6) is 0 Å². The lowest BCUT2D eigenvalue weighted by atomic mass is 10.3. The minimum absolute atomic E-state index is 0.248. The molecule has 10 heavy (non-hydrogen) atoms. The van der Waals surface area contributed by atoms with Crippen LogP contribution in [0.1, 0.15) is 12.8 Å². The van der Waals surface area contributed by atoms with Gasteiger partial charge in [-0.05, 0) is 12.5 Å². The average molecular weight is 188 g/mol. The van der Waals surface area contributed by atoms with Crippen molar-refractivity contribution in [2.45, 2.75) is 25.1 Å². The Morgan fingerprint density at radius 1 is 1.40 bits per heavy atom. The first-order valence-corrected chi connectivity index (χ1v) is 5.51. The minimum atomic E-state index is -3.97. The van der Waals surface area contributed by atoms with Crippen LogP contribution in [0.15, 0.2) is 0 Å². The van der Waals surface area contributed by atoms with Crippen molar-refractivity contribution < 1.29 is 17.3 Å². The zero-order valence-electron chi connectivity index (χ0n) is 5.87. The lowest BCUT2D eigenvalue weighted by molar-refractivity contribution is -0.134. The third kappa shape index (κ3) is 8.18. The largest absolute Gasteiger partial charge is 0.468 e. The maximum Gasteiger partial charge on any atom is 0.389 e. The summed E-state index contributed by atoms with van der Waals surface area (Å²) in [6.07, 6.45) is -4.37. The van der Waals surface area contributed by atoms with Crippen molar-refractivity contribution in [3.05, 3.63) is 0 Å². The highest BCUT2D eigenvalue weighted by Gasteiger charge is 2.25. The summed E-state index contributed by atoms with van der Waals surface area (Å²) in [6, 6.07) is 0.656. The molecule has 0 aromatic rings. The fraction of sp³-hybridized carbons (Fsp3) is 1.00. The van der Waals surface area contributed by atoms with Gasteiger partial charge in [-0.3, -0.25) is 0 Å². The molecule has 6 heteroatoms. The van der Waals surface area contributed by atoms with E-state index in [0.717, 1.165) is 0 Å². The Kier molecular flexibility index (Phi) is 5.01. The summed E-state index contributed by atoms with van der Waals surface area (Å²) in [7, 11) is 0.0900. The topological polar surface area (TPSA) is 9.23 Å². The van der Waals surface area contributed by atoms with E-state index in [1.807, 2.05) is 0 Å². The predicted molar refractivity (Wildman–Crippen MR) is 39.7 cm³/mol. The lowest BCUT2D eigenvalue weighted by Crippen LogP contribution is -2.07. The van der Waals surface area contributed by atoms with Gasteiger partial charge in [0.15, 0.2) is 0 Å². The number of hydrogen-bond acceptors (Lipinski definition) is 1. The third-order valence-electron chi connectivity index (χ3n) is 1.06. The molecule has 1 nitrogen and oxygen atoms in total. The van der Waals surface area contributed by atoms with E-state index in [4.69, 9.17) is 4.12 Å². The molecule has 0 aliphatic carbocycles. The highest BCUT2D eigenvalue weighted by molar-refractivity contribution is 6.34. The molecule has 0 N–H and O–H groups in total. The lowest BCUT2D eigenvalue weighted by Gasteiger charge is -2.04. The molecular weight excluding hydrogens is 177 g/mol. The fourth-order valence-corrected chi connectivity index (χ4v) is 2.18. The Morgan fingerprint density at radius 3 is 2.40 bits per heavy atom. The van der Waals surface area contributed by atoms with E-state index in [1.54, 1.807) is 0 Å². The number of hydrogen-bond donors (Lipinski definition) is 0. The summed E-state index contributed by atoms with van der Waals surface area (Å²) in [5.74, 6) is 0. The molecule has 0 aromatic heterocycles. The molecule has 0 unspecified atom stereocenters. The molecule has 0 spiro atoms.